The number of nitrogens with one attached hydrogen (secondary N) is 1. The fourth-order valence-corrected chi connectivity index (χ4v) is 3.73. The lowest BCUT2D eigenvalue weighted by atomic mass is 10.1. The lowest BCUT2D eigenvalue weighted by molar-refractivity contribution is -0.120. The minimum absolute atomic E-state index is 0.0141. The van der Waals surface area contributed by atoms with Crippen molar-refractivity contribution in [3.63, 3.8) is 0 Å². The van der Waals surface area contributed by atoms with E-state index < -0.39 is 0 Å². The molecular formula is C16H22FNOS. The number of benzene rings is 1. The molecule has 1 aromatic carbocycles. The molecule has 0 unspecified atom stereocenters. The zero-order valence-electron chi connectivity index (χ0n) is 11.7. The van der Waals surface area contributed by atoms with Gasteiger partial charge in [-0.05, 0) is 30.9 Å². The van der Waals surface area contributed by atoms with E-state index in [1.54, 1.807) is 18.2 Å². The maximum Gasteiger partial charge on any atom is 0.220 e. The smallest absolute Gasteiger partial charge is 0.220 e. The first kappa shape index (κ1) is 15.4. The molecule has 2 rings (SSSR count). The van der Waals surface area contributed by atoms with Gasteiger partial charge in [0.1, 0.15) is 5.82 Å². The summed E-state index contributed by atoms with van der Waals surface area (Å²) in [7, 11) is 0. The van der Waals surface area contributed by atoms with E-state index >= 15 is 0 Å². The Morgan fingerprint density at radius 3 is 2.80 bits per heavy atom. The number of amides is 1. The van der Waals surface area contributed by atoms with Crippen LogP contribution in [-0.2, 0) is 11.2 Å². The molecule has 1 fully saturated rings. The van der Waals surface area contributed by atoms with E-state index in [0.717, 1.165) is 17.5 Å². The molecule has 0 radical (unpaired) electrons. The van der Waals surface area contributed by atoms with Gasteiger partial charge in [0.15, 0.2) is 0 Å². The monoisotopic (exact) mass is 295 g/mol. The van der Waals surface area contributed by atoms with Gasteiger partial charge in [-0.1, -0.05) is 31.0 Å². The average Bonchev–Trinajstić information content (AvgIpc) is 2.96. The van der Waals surface area contributed by atoms with Crippen LogP contribution in [0.3, 0.4) is 0 Å². The van der Waals surface area contributed by atoms with Crippen LogP contribution < -0.4 is 5.32 Å². The summed E-state index contributed by atoms with van der Waals surface area (Å²) in [5.74, 6) is 0.771. The molecule has 1 N–H and O–H groups in total. The Bertz CT molecular complexity index is 432. The Hall–Kier alpha value is -1.03. The second kappa shape index (κ2) is 8.30. The van der Waals surface area contributed by atoms with Crippen LogP contribution in [0.25, 0.3) is 0 Å². The number of carbonyl (C=O) groups is 1. The molecular weight excluding hydrogens is 273 g/mol. The number of halogens is 1. The molecule has 0 aliphatic heterocycles. The molecule has 0 spiro atoms. The fraction of sp³-hybridized carbons (Fsp3) is 0.562. The van der Waals surface area contributed by atoms with Gasteiger partial charge in [-0.15, -0.1) is 0 Å². The number of hydrogen-bond acceptors (Lipinski definition) is 2. The van der Waals surface area contributed by atoms with Crippen LogP contribution in [0.5, 0.6) is 0 Å². The highest BCUT2D eigenvalue weighted by atomic mass is 32.2. The topological polar surface area (TPSA) is 29.1 Å². The van der Waals surface area contributed by atoms with Gasteiger partial charge in [0.05, 0.1) is 0 Å². The van der Waals surface area contributed by atoms with Crippen LogP contribution in [0.15, 0.2) is 24.3 Å². The van der Waals surface area contributed by atoms with Crippen molar-refractivity contribution in [2.75, 3.05) is 12.3 Å². The highest BCUT2D eigenvalue weighted by molar-refractivity contribution is 7.99. The minimum atomic E-state index is -0.225. The Morgan fingerprint density at radius 1 is 1.30 bits per heavy atom. The standard InChI is InChI=1S/C16H22FNOS/c17-15-8-4-1-5-13(15)9-10-16(19)18-11-12-20-14-6-2-3-7-14/h1,4-5,8,14H,2-3,6-7,9-12H2,(H,18,19). The van der Waals surface area contributed by atoms with E-state index in [9.17, 15) is 9.18 Å². The van der Waals surface area contributed by atoms with Gasteiger partial charge in [0.25, 0.3) is 0 Å². The molecule has 1 aliphatic rings. The summed E-state index contributed by atoms with van der Waals surface area (Å²) in [4.78, 5) is 11.7. The number of aryl methyl sites for hydroxylation is 1. The van der Waals surface area contributed by atoms with Gasteiger partial charge >= 0.3 is 0 Å². The van der Waals surface area contributed by atoms with Crippen molar-refractivity contribution in [3.8, 4) is 0 Å². The molecule has 0 heterocycles. The number of carbonyl (C=O) groups excluding carboxylic acids is 1. The zero-order chi connectivity index (χ0) is 14.2. The summed E-state index contributed by atoms with van der Waals surface area (Å²) in [6, 6.07) is 6.64. The second-order valence-corrected chi connectivity index (χ2v) is 6.63. The first-order valence-electron chi connectivity index (χ1n) is 7.37. The highest BCUT2D eigenvalue weighted by Crippen LogP contribution is 2.28. The van der Waals surface area contributed by atoms with Gasteiger partial charge in [-0.3, -0.25) is 4.79 Å². The number of hydrogen-bond donors (Lipinski definition) is 1. The third kappa shape index (κ3) is 5.16. The summed E-state index contributed by atoms with van der Waals surface area (Å²) in [5, 5.41) is 3.71. The van der Waals surface area contributed by atoms with Crippen molar-refractivity contribution in [2.45, 2.75) is 43.8 Å². The Kier molecular flexibility index (Phi) is 6.37. The van der Waals surface area contributed by atoms with E-state index in [1.165, 1.54) is 31.7 Å². The average molecular weight is 295 g/mol. The van der Waals surface area contributed by atoms with E-state index in [4.69, 9.17) is 0 Å². The molecule has 4 heteroatoms. The molecule has 110 valence electrons. The first-order chi connectivity index (χ1) is 9.75. The van der Waals surface area contributed by atoms with Crippen molar-refractivity contribution in [1.29, 1.82) is 0 Å². The maximum absolute atomic E-state index is 13.4. The van der Waals surface area contributed by atoms with Gasteiger partial charge in [-0.2, -0.15) is 11.8 Å². The Labute approximate surface area is 124 Å². The molecule has 1 amide bonds. The number of rotatable bonds is 7. The lowest BCUT2D eigenvalue weighted by Gasteiger charge is -2.09. The van der Waals surface area contributed by atoms with Gasteiger partial charge in [0.2, 0.25) is 5.91 Å². The molecule has 1 saturated carbocycles. The van der Waals surface area contributed by atoms with Crippen LogP contribution in [0.2, 0.25) is 0 Å². The molecule has 0 atom stereocenters. The summed E-state index contributed by atoms with van der Waals surface area (Å²) in [6.07, 6.45) is 6.18. The summed E-state index contributed by atoms with van der Waals surface area (Å²) in [5.41, 5.74) is 0.614. The van der Waals surface area contributed by atoms with Crippen molar-refractivity contribution < 1.29 is 9.18 Å². The van der Waals surface area contributed by atoms with E-state index in [2.05, 4.69) is 5.32 Å². The van der Waals surface area contributed by atoms with E-state index in [0.29, 0.717) is 18.4 Å². The third-order valence-electron chi connectivity index (χ3n) is 3.66. The lowest BCUT2D eigenvalue weighted by Crippen LogP contribution is -2.26. The largest absolute Gasteiger partial charge is 0.355 e. The normalized spacial score (nSPS) is 15.4. The van der Waals surface area contributed by atoms with E-state index in [-0.39, 0.29) is 11.7 Å². The molecule has 2 nitrogen and oxygen atoms in total. The van der Waals surface area contributed by atoms with Crippen LogP contribution >= 0.6 is 11.8 Å². The van der Waals surface area contributed by atoms with Crippen LogP contribution in [0.4, 0.5) is 4.39 Å². The predicted molar refractivity (Wildman–Crippen MR) is 82.4 cm³/mol. The van der Waals surface area contributed by atoms with Crippen LogP contribution in [-0.4, -0.2) is 23.5 Å². The molecule has 0 aromatic heterocycles. The maximum atomic E-state index is 13.4. The quantitative estimate of drug-likeness (QED) is 0.779. The first-order valence-corrected chi connectivity index (χ1v) is 8.42. The third-order valence-corrected chi connectivity index (χ3v) is 5.04. The second-order valence-electron chi connectivity index (χ2n) is 5.22. The Balaban J connectivity index is 1.57. The van der Waals surface area contributed by atoms with Crippen molar-refractivity contribution >= 4 is 17.7 Å². The van der Waals surface area contributed by atoms with Gasteiger partial charge < -0.3 is 5.32 Å². The fourth-order valence-electron chi connectivity index (χ4n) is 2.51. The predicted octanol–water partition coefficient (Wildman–Crippen LogP) is 3.55. The van der Waals surface area contributed by atoms with Gasteiger partial charge in [0, 0.05) is 24.0 Å². The van der Waals surface area contributed by atoms with Crippen molar-refractivity contribution in [2.24, 2.45) is 0 Å². The summed E-state index contributed by atoms with van der Waals surface area (Å²) >= 11 is 1.97. The van der Waals surface area contributed by atoms with E-state index in [1.807, 2.05) is 11.8 Å². The SMILES string of the molecule is O=C(CCc1ccccc1F)NCCSC1CCCC1. The molecule has 0 saturated heterocycles. The summed E-state index contributed by atoms with van der Waals surface area (Å²) < 4.78 is 13.4. The minimum Gasteiger partial charge on any atom is -0.355 e. The van der Waals surface area contributed by atoms with Crippen molar-refractivity contribution in [1.82, 2.24) is 5.32 Å². The summed E-state index contributed by atoms with van der Waals surface area (Å²) in [6.45, 7) is 0.720. The zero-order valence-corrected chi connectivity index (χ0v) is 12.6. The Morgan fingerprint density at radius 2 is 2.05 bits per heavy atom. The molecule has 1 aliphatic carbocycles. The van der Waals surface area contributed by atoms with Gasteiger partial charge in [-0.25, -0.2) is 4.39 Å². The molecule has 0 bridgehead atoms. The molecule has 1 aromatic rings. The van der Waals surface area contributed by atoms with Crippen molar-refractivity contribution in [3.05, 3.63) is 35.6 Å². The molecule has 20 heavy (non-hydrogen) atoms. The van der Waals surface area contributed by atoms with Crippen LogP contribution in [0, 0.1) is 5.82 Å². The number of thioether (sulfide) groups is 1. The highest BCUT2D eigenvalue weighted by Gasteiger charge is 2.14. The van der Waals surface area contributed by atoms with Crippen LogP contribution in [0.1, 0.15) is 37.7 Å².